The van der Waals surface area contributed by atoms with E-state index in [-0.39, 0.29) is 38.9 Å². The summed E-state index contributed by atoms with van der Waals surface area (Å²) in [6.45, 7) is 5.01. The van der Waals surface area contributed by atoms with E-state index in [9.17, 15) is 82.8 Å². The Balaban J connectivity index is 5.17. The van der Waals surface area contributed by atoms with Crippen molar-refractivity contribution in [3.05, 3.63) is 0 Å². The second-order valence-corrected chi connectivity index (χ2v) is 17.8. The van der Waals surface area contributed by atoms with Crippen LogP contribution in [0.5, 0.6) is 0 Å². The fourth-order valence-corrected chi connectivity index (χ4v) is 7.34. The smallest absolute Gasteiger partial charge is 0.328 e. The van der Waals surface area contributed by atoms with Gasteiger partial charge in [0.15, 0.2) is 0 Å². The predicted octanol–water partition coefficient (Wildman–Crippen LogP) is 1.49. The number of amides is 7. The Morgan fingerprint density at radius 3 is 0.800 bits per heavy atom. The zero-order valence-electron chi connectivity index (χ0n) is 43.8. The molecule has 0 rings (SSSR count). The molecule has 0 heterocycles. The lowest BCUT2D eigenvalue weighted by Crippen LogP contribution is -2.46. The molecular formula is C49H81N7O19. The lowest BCUT2D eigenvalue weighted by atomic mass is 10.0. The molecule has 0 aliphatic heterocycles. The molecule has 0 saturated carbocycles. The summed E-state index contributed by atoms with van der Waals surface area (Å²) in [5.74, 6) is -13.2. The Hall–Kier alpha value is -6.89. The molecule has 0 fully saturated rings. The minimum absolute atomic E-state index is 0.0134. The van der Waals surface area contributed by atoms with E-state index in [0.29, 0.717) is 6.42 Å². The normalized spacial score (nSPS) is 13.2. The molecule has 26 nitrogen and oxygen atoms in total. The first-order valence-corrected chi connectivity index (χ1v) is 25.8. The first-order valence-electron chi connectivity index (χ1n) is 25.8. The number of unbranched alkanes of at least 4 members (excludes halogenated alkanes) is 10. The molecule has 6 unspecified atom stereocenters. The Morgan fingerprint density at radius 1 is 0.320 bits per heavy atom. The van der Waals surface area contributed by atoms with Crippen molar-refractivity contribution in [1.29, 1.82) is 0 Å². The van der Waals surface area contributed by atoms with Gasteiger partial charge in [0, 0.05) is 52.0 Å². The van der Waals surface area contributed by atoms with Crippen molar-refractivity contribution < 1.29 is 92.2 Å². The van der Waals surface area contributed by atoms with Gasteiger partial charge < -0.3 is 67.1 Å². The number of rotatable bonds is 44. The Kier molecular flexibility index (Phi) is 36.8. The number of carboxylic acid groups (broad SMARTS) is 4. The van der Waals surface area contributed by atoms with Crippen molar-refractivity contribution in [3.8, 4) is 0 Å². The number of hydrogen-bond donors (Lipinski definition) is 11. The minimum atomic E-state index is -1.69. The van der Waals surface area contributed by atoms with Crippen LogP contribution in [-0.4, -0.2) is 154 Å². The van der Waals surface area contributed by atoms with Crippen LogP contribution in [0, 0.1) is 0 Å². The topological polar surface area (TPSA) is 406 Å². The van der Waals surface area contributed by atoms with Crippen molar-refractivity contribution in [2.45, 2.75) is 211 Å². The highest BCUT2D eigenvalue weighted by Gasteiger charge is 2.30. The number of hydrogen-bond acceptors (Lipinski definition) is 15. The van der Waals surface area contributed by atoms with E-state index in [1.165, 1.54) is 59.4 Å². The van der Waals surface area contributed by atoms with Crippen LogP contribution in [-0.2, 0) is 71.8 Å². The first kappa shape index (κ1) is 68.1. The van der Waals surface area contributed by atoms with Gasteiger partial charge >= 0.3 is 35.8 Å². The van der Waals surface area contributed by atoms with Crippen LogP contribution in [0.4, 0.5) is 0 Å². The fraction of sp³-hybridized carbons (Fsp3) is 0.735. The zero-order valence-corrected chi connectivity index (χ0v) is 43.8. The summed E-state index contributed by atoms with van der Waals surface area (Å²) in [6.07, 6.45) is 6.73. The zero-order chi connectivity index (χ0) is 56.7. The summed E-state index contributed by atoms with van der Waals surface area (Å²) < 4.78 is 9.89. The van der Waals surface area contributed by atoms with Gasteiger partial charge in [-0.15, -0.1) is 0 Å². The Morgan fingerprint density at radius 2 is 0.547 bits per heavy atom. The second-order valence-electron chi connectivity index (χ2n) is 17.8. The van der Waals surface area contributed by atoms with Crippen LogP contribution < -0.4 is 37.2 Å². The fourth-order valence-electron chi connectivity index (χ4n) is 7.34. The molecule has 26 heteroatoms. The number of carboxylic acids is 4. The van der Waals surface area contributed by atoms with Gasteiger partial charge in [-0.2, -0.15) is 0 Å². The standard InChI is InChI=1S/C49H81N7O19/c1-5-8-9-10-11-12-13-14-15-16-17-18-38(58)51-31(44(64)65)19-26-39(59)52-34(47(70)71)22-29-43(63)56-36(49(73)75-7-3)24-30-41(61)54-32(45(66)67)20-27-40(60)53-33(46(68)69)21-28-42(62)55-35(48(72)74-6-2)23-25-37(57)50-4/h31-36H,5-30H2,1-4H3,(H,50,57)(H,51,58)(H,52,59)(H,53,60)(H,54,61)(H,55,62)(H,56,63)(H,64,65)(H,66,67)(H,68,69)(H,70,71). The molecule has 0 aromatic carbocycles. The molecule has 0 saturated heterocycles. The van der Waals surface area contributed by atoms with Gasteiger partial charge in [-0.1, -0.05) is 71.1 Å². The summed E-state index contributed by atoms with van der Waals surface area (Å²) >= 11 is 0. The van der Waals surface area contributed by atoms with E-state index in [4.69, 9.17) is 9.47 Å². The third-order valence-electron chi connectivity index (χ3n) is 11.6. The summed E-state index contributed by atoms with van der Waals surface area (Å²) in [7, 11) is 1.38. The van der Waals surface area contributed by atoms with Crippen LogP contribution in [0.2, 0.25) is 0 Å². The molecule has 0 bridgehead atoms. The van der Waals surface area contributed by atoms with Gasteiger partial charge in [-0.25, -0.2) is 28.8 Å². The van der Waals surface area contributed by atoms with E-state index < -0.39 is 171 Å². The average Bonchev–Trinajstić information content (AvgIpc) is 3.35. The molecule has 426 valence electrons. The molecule has 0 radical (unpaired) electrons. The van der Waals surface area contributed by atoms with E-state index in [2.05, 4.69) is 44.1 Å². The van der Waals surface area contributed by atoms with Crippen LogP contribution in [0.25, 0.3) is 0 Å². The summed E-state index contributed by atoms with van der Waals surface area (Å²) in [4.78, 5) is 161. The molecule has 0 spiro atoms. The maximum Gasteiger partial charge on any atom is 0.328 e. The van der Waals surface area contributed by atoms with Gasteiger partial charge in [0.05, 0.1) is 13.2 Å². The van der Waals surface area contributed by atoms with Crippen molar-refractivity contribution >= 4 is 77.2 Å². The van der Waals surface area contributed by atoms with Crippen molar-refractivity contribution in [3.63, 3.8) is 0 Å². The number of carbonyl (C=O) groups excluding carboxylic acids is 9. The molecule has 0 aromatic heterocycles. The number of aliphatic carboxylic acids is 4. The van der Waals surface area contributed by atoms with E-state index in [0.717, 1.165) is 25.7 Å². The second kappa shape index (κ2) is 40.5. The lowest BCUT2D eigenvalue weighted by molar-refractivity contribution is -0.148. The predicted molar refractivity (Wildman–Crippen MR) is 266 cm³/mol. The highest BCUT2D eigenvalue weighted by molar-refractivity contribution is 5.90. The number of ether oxygens (including phenoxy) is 2. The number of carbonyl (C=O) groups is 13. The molecular weight excluding hydrogens is 991 g/mol. The maximum absolute atomic E-state index is 12.9. The van der Waals surface area contributed by atoms with Crippen molar-refractivity contribution in [1.82, 2.24) is 37.2 Å². The molecule has 75 heavy (non-hydrogen) atoms. The van der Waals surface area contributed by atoms with Crippen LogP contribution >= 0.6 is 0 Å². The van der Waals surface area contributed by atoms with E-state index >= 15 is 0 Å². The third kappa shape index (κ3) is 33.5. The summed E-state index contributed by atoms with van der Waals surface area (Å²) in [5.41, 5.74) is 0. The lowest BCUT2D eigenvalue weighted by Gasteiger charge is -2.20. The van der Waals surface area contributed by atoms with Crippen LogP contribution in [0.3, 0.4) is 0 Å². The number of nitrogens with one attached hydrogen (secondary N) is 7. The minimum Gasteiger partial charge on any atom is -0.480 e. The van der Waals surface area contributed by atoms with Crippen molar-refractivity contribution in [2.24, 2.45) is 0 Å². The summed E-state index contributed by atoms with van der Waals surface area (Å²) in [6, 6.07) is -9.06. The van der Waals surface area contributed by atoms with Crippen LogP contribution in [0.1, 0.15) is 175 Å². The third-order valence-corrected chi connectivity index (χ3v) is 11.6. The largest absolute Gasteiger partial charge is 0.480 e. The van der Waals surface area contributed by atoms with Gasteiger partial charge in [0.1, 0.15) is 36.3 Å². The van der Waals surface area contributed by atoms with Crippen LogP contribution in [0.15, 0.2) is 0 Å². The molecule has 6 atom stereocenters. The molecule has 0 aromatic rings. The molecule has 0 aliphatic rings. The van der Waals surface area contributed by atoms with E-state index in [1.807, 2.05) is 0 Å². The monoisotopic (exact) mass is 1070 g/mol. The highest BCUT2D eigenvalue weighted by Crippen LogP contribution is 2.13. The van der Waals surface area contributed by atoms with Gasteiger partial charge in [-0.3, -0.25) is 33.6 Å². The first-order chi connectivity index (χ1) is 35.6. The quantitative estimate of drug-likeness (QED) is 0.0304. The molecule has 0 aliphatic carbocycles. The SMILES string of the molecule is CCCCCCCCCCCCCC(=O)NC(CCC(=O)NC(CCC(=O)NC(CCC(=O)NC(CCC(=O)NC(CCC(=O)NC(CCC(=O)NC)C(=O)OCC)C(=O)O)C(=O)O)C(=O)OCC)C(=O)O)C(=O)O. The summed E-state index contributed by atoms with van der Waals surface area (Å²) in [5, 5.41) is 54.8. The molecule has 11 N–H and O–H groups in total. The van der Waals surface area contributed by atoms with E-state index in [1.54, 1.807) is 0 Å². The van der Waals surface area contributed by atoms with Gasteiger partial charge in [0.2, 0.25) is 41.4 Å². The Bertz CT molecular complexity index is 1880. The van der Waals surface area contributed by atoms with Gasteiger partial charge in [0.25, 0.3) is 0 Å². The molecule has 7 amide bonds. The highest BCUT2D eigenvalue weighted by atomic mass is 16.5. The van der Waals surface area contributed by atoms with Gasteiger partial charge in [-0.05, 0) is 58.8 Å². The average molecular weight is 1070 g/mol. The Labute approximate surface area is 437 Å². The number of esters is 2. The van der Waals surface area contributed by atoms with Crippen molar-refractivity contribution in [2.75, 3.05) is 20.3 Å². The maximum atomic E-state index is 12.9.